The first-order chi connectivity index (χ1) is 9.07. The number of hydrogen-bond acceptors (Lipinski definition) is 3. The van der Waals surface area contributed by atoms with Gasteiger partial charge in [0.1, 0.15) is 0 Å². The van der Waals surface area contributed by atoms with E-state index in [2.05, 4.69) is 5.32 Å². The van der Waals surface area contributed by atoms with Crippen molar-refractivity contribution < 1.29 is 9.47 Å². The zero-order chi connectivity index (χ0) is 14.3. The van der Waals surface area contributed by atoms with E-state index in [0.717, 1.165) is 12.1 Å². The highest BCUT2D eigenvalue weighted by atomic mass is 35.5. The normalized spacial score (nSPS) is 12.7. The Morgan fingerprint density at radius 2 is 1.84 bits per heavy atom. The Morgan fingerprint density at radius 3 is 2.53 bits per heavy atom. The molecule has 1 rings (SSSR count). The summed E-state index contributed by atoms with van der Waals surface area (Å²) < 4.78 is 10.3. The minimum atomic E-state index is 0.0771. The lowest BCUT2D eigenvalue weighted by Gasteiger charge is -2.17. The SMILES string of the molecule is COCCOCCNC(C)c1ccc(Cl)c(Cl)c1Cl. The van der Waals surface area contributed by atoms with Gasteiger partial charge in [-0.25, -0.2) is 0 Å². The highest BCUT2D eigenvalue weighted by Gasteiger charge is 2.13. The average Bonchev–Trinajstić information content (AvgIpc) is 2.40. The summed E-state index contributed by atoms with van der Waals surface area (Å²) in [6.45, 7) is 4.56. The molecule has 0 aliphatic rings. The Balaban J connectivity index is 2.41. The quantitative estimate of drug-likeness (QED) is 0.579. The Hall–Kier alpha value is -0.0300. The van der Waals surface area contributed by atoms with Crippen LogP contribution in [-0.4, -0.2) is 33.5 Å². The minimum Gasteiger partial charge on any atom is -0.382 e. The molecule has 1 aromatic rings. The Bertz CT molecular complexity index is 402. The molecular formula is C13H18Cl3NO2. The predicted octanol–water partition coefficient (Wildman–Crippen LogP) is 3.96. The highest BCUT2D eigenvalue weighted by Crippen LogP contribution is 2.35. The molecule has 0 saturated carbocycles. The summed E-state index contributed by atoms with van der Waals surface area (Å²) in [7, 11) is 1.65. The van der Waals surface area contributed by atoms with Gasteiger partial charge in [0, 0.05) is 19.7 Å². The van der Waals surface area contributed by atoms with E-state index in [-0.39, 0.29) is 6.04 Å². The second-order valence-corrected chi connectivity index (χ2v) is 5.21. The van der Waals surface area contributed by atoms with Gasteiger partial charge in [0.05, 0.1) is 34.9 Å². The minimum absolute atomic E-state index is 0.0771. The topological polar surface area (TPSA) is 30.5 Å². The van der Waals surface area contributed by atoms with Gasteiger partial charge in [0.15, 0.2) is 0 Å². The van der Waals surface area contributed by atoms with Crippen LogP contribution in [0.2, 0.25) is 15.1 Å². The number of methoxy groups -OCH3 is 1. The lowest BCUT2D eigenvalue weighted by atomic mass is 10.1. The van der Waals surface area contributed by atoms with Gasteiger partial charge in [-0.05, 0) is 18.6 Å². The van der Waals surface area contributed by atoms with Gasteiger partial charge in [-0.3, -0.25) is 0 Å². The molecule has 19 heavy (non-hydrogen) atoms. The van der Waals surface area contributed by atoms with Gasteiger partial charge in [0.2, 0.25) is 0 Å². The molecule has 3 nitrogen and oxygen atoms in total. The number of nitrogens with one attached hydrogen (secondary N) is 1. The van der Waals surface area contributed by atoms with Crippen LogP contribution >= 0.6 is 34.8 Å². The molecule has 0 saturated heterocycles. The molecule has 0 amide bonds. The molecule has 1 unspecified atom stereocenters. The van der Waals surface area contributed by atoms with Crippen LogP contribution < -0.4 is 5.32 Å². The second kappa shape index (κ2) is 9.01. The highest BCUT2D eigenvalue weighted by molar-refractivity contribution is 6.48. The fraction of sp³-hybridized carbons (Fsp3) is 0.538. The van der Waals surface area contributed by atoms with E-state index in [4.69, 9.17) is 44.3 Å². The second-order valence-electron chi connectivity index (χ2n) is 4.05. The van der Waals surface area contributed by atoms with Crippen molar-refractivity contribution in [2.24, 2.45) is 0 Å². The van der Waals surface area contributed by atoms with Crippen molar-refractivity contribution in [3.63, 3.8) is 0 Å². The van der Waals surface area contributed by atoms with E-state index in [1.165, 1.54) is 0 Å². The number of halogens is 3. The monoisotopic (exact) mass is 325 g/mol. The van der Waals surface area contributed by atoms with Crippen LogP contribution in [0.25, 0.3) is 0 Å². The van der Waals surface area contributed by atoms with E-state index >= 15 is 0 Å². The average molecular weight is 327 g/mol. The fourth-order valence-electron chi connectivity index (χ4n) is 1.58. The van der Waals surface area contributed by atoms with Crippen LogP contribution in [0, 0.1) is 0 Å². The van der Waals surface area contributed by atoms with Crippen molar-refractivity contribution in [3.8, 4) is 0 Å². The van der Waals surface area contributed by atoms with Gasteiger partial charge in [0.25, 0.3) is 0 Å². The molecule has 1 N–H and O–H groups in total. The van der Waals surface area contributed by atoms with Gasteiger partial charge in [-0.15, -0.1) is 0 Å². The number of hydrogen-bond donors (Lipinski definition) is 1. The smallest absolute Gasteiger partial charge is 0.0781 e. The van der Waals surface area contributed by atoms with Crippen molar-refractivity contribution in [3.05, 3.63) is 32.8 Å². The maximum Gasteiger partial charge on any atom is 0.0781 e. The lowest BCUT2D eigenvalue weighted by Crippen LogP contribution is -2.24. The van der Waals surface area contributed by atoms with Crippen LogP contribution in [0.1, 0.15) is 18.5 Å². The number of benzene rings is 1. The zero-order valence-electron chi connectivity index (χ0n) is 11.0. The molecule has 108 valence electrons. The fourth-order valence-corrected chi connectivity index (χ4v) is 2.28. The largest absolute Gasteiger partial charge is 0.382 e. The molecule has 1 atom stereocenters. The molecular weight excluding hydrogens is 309 g/mol. The van der Waals surface area contributed by atoms with Crippen LogP contribution in [0.4, 0.5) is 0 Å². The summed E-state index contributed by atoms with van der Waals surface area (Å²) in [5, 5.41) is 4.66. The Kier molecular flexibility index (Phi) is 8.07. The molecule has 0 radical (unpaired) electrons. The van der Waals surface area contributed by atoms with E-state index < -0.39 is 0 Å². The summed E-state index contributed by atoms with van der Waals surface area (Å²) in [5.74, 6) is 0. The predicted molar refractivity (Wildman–Crippen MR) is 80.6 cm³/mol. The Morgan fingerprint density at radius 1 is 1.11 bits per heavy atom. The third-order valence-electron chi connectivity index (χ3n) is 2.66. The molecule has 0 spiro atoms. The third kappa shape index (κ3) is 5.46. The summed E-state index contributed by atoms with van der Waals surface area (Å²) in [5.41, 5.74) is 0.924. The van der Waals surface area contributed by atoms with Crippen molar-refractivity contribution in [2.75, 3.05) is 33.5 Å². The van der Waals surface area contributed by atoms with Crippen LogP contribution in [0.15, 0.2) is 12.1 Å². The lowest BCUT2D eigenvalue weighted by molar-refractivity contribution is 0.0712. The van der Waals surface area contributed by atoms with Crippen LogP contribution in [-0.2, 0) is 9.47 Å². The molecule has 1 aromatic carbocycles. The van der Waals surface area contributed by atoms with Gasteiger partial charge in [-0.2, -0.15) is 0 Å². The standard InChI is InChI=1S/C13H18Cl3NO2/c1-9(17-5-6-19-8-7-18-2)10-3-4-11(14)13(16)12(10)15/h3-4,9,17H,5-8H2,1-2H3. The van der Waals surface area contributed by atoms with E-state index in [9.17, 15) is 0 Å². The molecule has 0 bridgehead atoms. The van der Waals surface area contributed by atoms with Gasteiger partial charge in [-0.1, -0.05) is 40.9 Å². The molecule has 0 heterocycles. The first-order valence-corrected chi connectivity index (χ1v) is 7.14. The summed E-state index contributed by atoms with van der Waals surface area (Å²) >= 11 is 18.1. The Labute approximate surface area is 129 Å². The molecule has 0 aliphatic heterocycles. The maximum atomic E-state index is 6.17. The zero-order valence-corrected chi connectivity index (χ0v) is 13.3. The van der Waals surface area contributed by atoms with Crippen molar-refractivity contribution in [1.82, 2.24) is 5.32 Å². The van der Waals surface area contributed by atoms with Crippen LogP contribution in [0.3, 0.4) is 0 Å². The van der Waals surface area contributed by atoms with E-state index in [1.807, 2.05) is 13.0 Å². The summed E-state index contributed by atoms with van der Waals surface area (Å²) in [4.78, 5) is 0. The van der Waals surface area contributed by atoms with Crippen molar-refractivity contribution in [1.29, 1.82) is 0 Å². The van der Waals surface area contributed by atoms with E-state index in [1.54, 1.807) is 13.2 Å². The van der Waals surface area contributed by atoms with Gasteiger partial charge < -0.3 is 14.8 Å². The van der Waals surface area contributed by atoms with Crippen LogP contribution in [0.5, 0.6) is 0 Å². The first-order valence-electron chi connectivity index (χ1n) is 6.01. The number of ether oxygens (including phenoxy) is 2. The molecule has 0 aliphatic carbocycles. The maximum absolute atomic E-state index is 6.17. The first kappa shape index (κ1) is 17.0. The summed E-state index contributed by atoms with van der Waals surface area (Å²) in [6, 6.07) is 3.70. The van der Waals surface area contributed by atoms with Gasteiger partial charge >= 0.3 is 0 Å². The molecule has 0 fully saturated rings. The third-order valence-corrected chi connectivity index (χ3v) is 3.97. The summed E-state index contributed by atoms with van der Waals surface area (Å²) in [6.07, 6.45) is 0. The number of rotatable bonds is 8. The molecule has 0 aromatic heterocycles. The molecule has 6 heteroatoms. The van der Waals surface area contributed by atoms with Crippen molar-refractivity contribution in [2.45, 2.75) is 13.0 Å². The van der Waals surface area contributed by atoms with Crippen molar-refractivity contribution >= 4 is 34.8 Å². The van der Waals surface area contributed by atoms with E-state index in [0.29, 0.717) is 34.9 Å².